The van der Waals surface area contributed by atoms with Crippen LogP contribution in [0.3, 0.4) is 0 Å². The Kier molecular flexibility index (Phi) is 2.63. The molecule has 17 heavy (non-hydrogen) atoms. The summed E-state index contributed by atoms with van der Waals surface area (Å²) in [6, 6.07) is 4.00. The number of hydrogen-bond acceptors (Lipinski definition) is 4. The molecule has 88 valence electrons. The Morgan fingerprint density at radius 1 is 1.24 bits per heavy atom. The van der Waals surface area contributed by atoms with Crippen molar-refractivity contribution in [3.8, 4) is 0 Å². The Labute approximate surface area is 101 Å². The van der Waals surface area contributed by atoms with Gasteiger partial charge in [0.2, 0.25) is 0 Å². The Bertz CT molecular complexity index is 522. The van der Waals surface area contributed by atoms with Gasteiger partial charge in [0.05, 0.1) is 0 Å². The first-order valence-electron chi connectivity index (χ1n) is 6.12. The van der Waals surface area contributed by atoms with Crippen LogP contribution in [0.4, 0.5) is 5.82 Å². The first kappa shape index (κ1) is 10.4. The largest absolute Gasteiger partial charge is 0.360 e. The number of anilines is 1. The first-order valence-corrected chi connectivity index (χ1v) is 6.12. The molecule has 4 heteroatoms. The minimum atomic E-state index is 0.725. The maximum absolute atomic E-state index is 4.53. The van der Waals surface area contributed by atoms with Crippen molar-refractivity contribution in [1.29, 1.82) is 0 Å². The number of fused-ring (bicyclic) bond motifs is 1. The van der Waals surface area contributed by atoms with E-state index in [1.165, 1.54) is 19.3 Å². The fraction of sp³-hybridized carbons (Fsp3) is 0.462. The fourth-order valence-corrected chi connectivity index (χ4v) is 1.95. The van der Waals surface area contributed by atoms with Gasteiger partial charge in [-0.25, -0.2) is 9.97 Å². The van der Waals surface area contributed by atoms with E-state index in [0.29, 0.717) is 0 Å². The third-order valence-electron chi connectivity index (χ3n) is 3.28. The van der Waals surface area contributed by atoms with Gasteiger partial charge in [-0.2, -0.15) is 0 Å². The smallest absolute Gasteiger partial charge is 0.180 e. The molecule has 1 aliphatic rings. The molecule has 1 fully saturated rings. The molecule has 0 N–H and O–H groups in total. The summed E-state index contributed by atoms with van der Waals surface area (Å²) >= 11 is 0. The van der Waals surface area contributed by atoms with Crippen molar-refractivity contribution in [2.75, 3.05) is 18.5 Å². The zero-order chi connectivity index (χ0) is 11.7. The third-order valence-corrected chi connectivity index (χ3v) is 3.28. The third kappa shape index (κ3) is 2.35. The number of nitrogens with zero attached hydrogens (tertiary/aromatic N) is 4. The van der Waals surface area contributed by atoms with Crippen molar-refractivity contribution in [3.05, 3.63) is 24.5 Å². The van der Waals surface area contributed by atoms with Crippen molar-refractivity contribution in [1.82, 2.24) is 15.0 Å². The van der Waals surface area contributed by atoms with Gasteiger partial charge in [-0.05, 0) is 24.5 Å². The lowest BCUT2D eigenvalue weighted by molar-refractivity contribution is 0.707. The molecule has 4 nitrogen and oxygen atoms in total. The average molecular weight is 228 g/mol. The molecular weight excluding hydrogens is 212 g/mol. The minimum Gasteiger partial charge on any atom is -0.360 e. The molecule has 0 spiro atoms. The zero-order valence-corrected chi connectivity index (χ0v) is 10.0. The lowest BCUT2D eigenvalue weighted by Gasteiger charge is -2.17. The van der Waals surface area contributed by atoms with Crippen LogP contribution in [-0.4, -0.2) is 28.5 Å². The topological polar surface area (TPSA) is 41.9 Å². The summed E-state index contributed by atoms with van der Waals surface area (Å²) in [5.74, 6) is 1.94. The summed E-state index contributed by atoms with van der Waals surface area (Å²) in [6.07, 6.45) is 7.47. The summed E-state index contributed by atoms with van der Waals surface area (Å²) in [5.41, 5.74) is 1.58. The highest BCUT2D eigenvalue weighted by molar-refractivity contribution is 5.71. The predicted octanol–water partition coefficient (Wildman–Crippen LogP) is 2.26. The van der Waals surface area contributed by atoms with E-state index < -0.39 is 0 Å². The molecule has 1 saturated carbocycles. The summed E-state index contributed by atoms with van der Waals surface area (Å²) in [7, 11) is 2.09. The SMILES string of the molecule is CN(CCC1CC1)c1ccc2nccnc2n1. The van der Waals surface area contributed by atoms with Gasteiger partial charge in [0.1, 0.15) is 11.3 Å². The molecule has 0 bridgehead atoms. The van der Waals surface area contributed by atoms with E-state index in [9.17, 15) is 0 Å². The monoisotopic (exact) mass is 228 g/mol. The van der Waals surface area contributed by atoms with E-state index in [1.807, 2.05) is 12.1 Å². The maximum atomic E-state index is 4.53. The molecule has 2 heterocycles. The van der Waals surface area contributed by atoms with Gasteiger partial charge in [0.25, 0.3) is 0 Å². The van der Waals surface area contributed by atoms with Crippen LogP contribution in [0.5, 0.6) is 0 Å². The van der Waals surface area contributed by atoms with E-state index in [2.05, 4.69) is 26.9 Å². The molecule has 2 aromatic rings. The van der Waals surface area contributed by atoms with Crippen LogP contribution in [0.15, 0.2) is 24.5 Å². The lowest BCUT2D eigenvalue weighted by Crippen LogP contribution is -2.20. The Morgan fingerprint density at radius 2 is 2.06 bits per heavy atom. The van der Waals surface area contributed by atoms with Crippen molar-refractivity contribution in [3.63, 3.8) is 0 Å². The second-order valence-corrected chi connectivity index (χ2v) is 4.72. The van der Waals surface area contributed by atoms with Gasteiger partial charge < -0.3 is 4.90 Å². The molecule has 0 radical (unpaired) electrons. The first-order chi connectivity index (χ1) is 8.33. The zero-order valence-electron chi connectivity index (χ0n) is 10.0. The summed E-state index contributed by atoms with van der Waals surface area (Å²) in [5, 5.41) is 0. The molecule has 3 rings (SSSR count). The normalized spacial score (nSPS) is 15.1. The van der Waals surface area contributed by atoms with Crippen LogP contribution >= 0.6 is 0 Å². The highest BCUT2D eigenvalue weighted by Gasteiger charge is 2.21. The highest BCUT2D eigenvalue weighted by Crippen LogP contribution is 2.32. The predicted molar refractivity (Wildman–Crippen MR) is 67.9 cm³/mol. The second-order valence-electron chi connectivity index (χ2n) is 4.72. The maximum Gasteiger partial charge on any atom is 0.180 e. The van der Waals surface area contributed by atoms with E-state index in [1.54, 1.807) is 12.4 Å². The van der Waals surface area contributed by atoms with Crippen LogP contribution in [0.1, 0.15) is 19.3 Å². The standard InChI is InChI=1S/C13H16N4/c1-17(9-6-10-2-3-10)12-5-4-11-13(16-12)15-8-7-14-11/h4-5,7-8,10H,2-3,6,9H2,1H3. The van der Waals surface area contributed by atoms with Crippen LogP contribution in [-0.2, 0) is 0 Å². The van der Waals surface area contributed by atoms with Crippen molar-refractivity contribution in [2.24, 2.45) is 5.92 Å². The van der Waals surface area contributed by atoms with Gasteiger partial charge in [-0.1, -0.05) is 12.8 Å². The van der Waals surface area contributed by atoms with Gasteiger partial charge in [-0.3, -0.25) is 4.98 Å². The van der Waals surface area contributed by atoms with Crippen LogP contribution in [0.25, 0.3) is 11.2 Å². The minimum absolute atomic E-state index is 0.725. The lowest BCUT2D eigenvalue weighted by atomic mass is 10.3. The number of hydrogen-bond donors (Lipinski definition) is 0. The van der Waals surface area contributed by atoms with Gasteiger partial charge >= 0.3 is 0 Å². The summed E-state index contributed by atoms with van der Waals surface area (Å²) in [4.78, 5) is 15.2. The van der Waals surface area contributed by atoms with Gasteiger partial charge in [-0.15, -0.1) is 0 Å². The number of pyridine rings is 1. The van der Waals surface area contributed by atoms with Crippen LogP contribution in [0.2, 0.25) is 0 Å². The molecule has 0 saturated heterocycles. The van der Waals surface area contributed by atoms with Crippen LogP contribution in [0, 0.1) is 5.92 Å². The van der Waals surface area contributed by atoms with E-state index in [0.717, 1.165) is 29.4 Å². The molecule has 0 aromatic carbocycles. The average Bonchev–Trinajstić information content (AvgIpc) is 3.19. The molecule has 0 aliphatic heterocycles. The van der Waals surface area contributed by atoms with E-state index >= 15 is 0 Å². The fourth-order valence-electron chi connectivity index (χ4n) is 1.95. The van der Waals surface area contributed by atoms with Crippen molar-refractivity contribution >= 4 is 17.0 Å². The Hall–Kier alpha value is -1.71. The summed E-state index contributed by atoms with van der Waals surface area (Å²) < 4.78 is 0. The van der Waals surface area contributed by atoms with E-state index in [-0.39, 0.29) is 0 Å². The quantitative estimate of drug-likeness (QED) is 0.805. The van der Waals surface area contributed by atoms with Gasteiger partial charge in [0, 0.05) is 26.0 Å². The van der Waals surface area contributed by atoms with Gasteiger partial charge in [0.15, 0.2) is 5.65 Å². The Morgan fingerprint density at radius 3 is 2.88 bits per heavy atom. The Balaban J connectivity index is 1.78. The molecule has 0 atom stereocenters. The molecule has 0 amide bonds. The van der Waals surface area contributed by atoms with E-state index in [4.69, 9.17) is 0 Å². The number of aromatic nitrogens is 3. The second kappa shape index (κ2) is 4.28. The molecule has 1 aliphatic carbocycles. The van der Waals surface area contributed by atoms with Crippen LogP contribution < -0.4 is 4.90 Å². The summed E-state index contributed by atoms with van der Waals surface area (Å²) in [6.45, 7) is 1.07. The molecule has 2 aromatic heterocycles. The molecular formula is C13H16N4. The number of rotatable bonds is 4. The molecule has 0 unspecified atom stereocenters. The highest BCUT2D eigenvalue weighted by atomic mass is 15.2. The van der Waals surface area contributed by atoms with Crippen molar-refractivity contribution in [2.45, 2.75) is 19.3 Å². The van der Waals surface area contributed by atoms with Crippen molar-refractivity contribution < 1.29 is 0 Å².